The SMILES string of the molecule is Cc1cccc(OCC(C(=O)O)C2CCN(C(C)C)C2)c1. The van der Waals surface area contributed by atoms with Gasteiger partial charge in [-0.1, -0.05) is 12.1 Å². The summed E-state index contributed by atoms with van der Waals surface area (Å²) in [5.41, 5.74) is 1.12. The number of likely N-dealkylation sites (tertiary alicyclic amines) is 1. The maximum atomic E-state index is 11.6. The molecule has 1 N–H and O–H groups in total. The summed E-state index contributed by atoms with van der Waals surface area (Å²) in [4.78, 5) is 13.9. The Bertz CT molecular complexity index is 487. The van der Waals surface area contributed by atoms with Crippen molar-refractivity contribution in [1.29, 1.82) is 0 Å². The van der Waals surface area contributed by atoms with Crippen molar-refractivity contribution in [2.45, 2.75) is 33.2 Å². The van der Waals surface area contributed by atoms with Gasteiger partial charge in [0.25, 0.3) is 0 Å². The molecule has 0 aliphatic carbocycles. The molecule has 4 nitrogen and oxygen atoms in total. The van der Waals surface area contributed by atoms with E-state index >= 15 is 0 Å². The summed E-state index contributed by atoms with van der Waals surface area (Å²) in [6.45, 7) is 8.39. The summed E-state index contributed by atoms with van der Waals surface area (Å²) in [6.07, 6.45) is 0.937. The van der Waals surface area contributed by atoms with E-state index in [0.717, 1.165) is 30.8 Å². The van der Waals surface area contributed by atoms with E-state index in [-0.39, 0.29) is 12.5 Å². The lowest BCUT2D eigenvalue weighted by molar-refractivity contribution is -0.144. The Hall–Kier alpha value is -1.55. The Labute approximate surface area is 126 Å². The van der Waals surface area contributed by atoms with Crippen molar-refractivity contribution in [2.24, 2.45) is 11.8 Å². The van der Waals surface area contributed by atoms with Gasteiger partial charge >= 0.3 is 5.97 Å². The maximum absolute atomic E-state index is 11.6. The summed E-state index contributed by atoms with van der Waals surface area (Å²) in [6, 6.07) is 8.21. The lowest BCUT2D eigenvalue weighted by Crippen LogP contribution is -2.33. The summed E-state index contributed by atoms with van der Waals surface area (Å²) < 4.78 is 5.72. The number of rotatable bonds is 6. The van der Waals surface area contributed by atoms with E-state index in [1.807, 2.05) is 31.2 Å². The maximum Gasteiger partial charge on any atom is 0.310 e. The lowest BCUT2D eigenvalue weighted by atomic mass is 9.92. The number of carboxylic acids is 1. The predicted molar refractivity (Wildman–Crippen MR) is 82.6 cm³/mol. The predicted octanol–water partition coefficient (Wildman–Crippen LogP) is 2.80. The van der Waals surface area contributed by atoms with Crippen LogP contribution >= 0.6 is 0 Å². The molecule has 0 saturated carbocycles. The second-order valence-corrected chi connectivity index (χ2v) is 6.21. The minimum absolute atomic E-state index is 0.176. The van der Waals surface area contributed by atoms with Crippen molar-refractivity contribution in [3.05, 3.63) is 29.8 Å². The minimum Gasteiger partial charge on any atom is -0.493 e. The molecule has 116 valence electrons. The first-order chi connectivity index (χ1) is 9.97. The van der Waals surface area contributed by atoms with Crippen LogP contribution in [0.25, 0.3) is 0 Å². The van der Waals surface area contributed by atoms with Crippen LogP contribution < -0.4 is 4.74 Å². The summed E-state index contributed by atoms with van der Waals surface area (Å²) in [7, 11) is 0. The first kappa shape index (κ1) is 15.8. The number of hydrogen-bond acceptors (Lipinski definition) is 3. The molecule has 0 radical (unpaired) electrons. The van der Waals surface area contributed by atoms with Crippen LogP contribution in [-0.4, -0.2) is 41.7 Å². The number of nitrogens with zero attached hydrogens (tertiary/aromatic N) is 1. The van der Waals surface area contributed by atoms with Crippen LogP contribution in [0.2, 0.25) is 0 Å². The third-order valence-corrected chi connectivity index (χ3v) is 4.29. The lowest BCUT2D eigenvalue weighted by Gasteiger charge is -2.23. The fourth-order valence-corrected chi connectivity index (χ4v) is 2.91. The molecule has 1 fully saturated rings. The van der Waals surface area contributed by atoms with E-state index in [2.05, 4.69) is 18.7 Å². The molecular weight excluding hydrogens is 266 g/mol. The standard InChI is InChI=1S/C17H25NO3/c1-12(2)18-8-7-14(10-18)16(17(19)20)11-21-15-6-4-5-13(3)9-15/h4-6,9,12,14,16H,7-8,10-11H2,1-3H3,(H,19,20). The fraction of sp³-hybridized carbons (Fsp3) is 0.588. The van der Waals surface area contributed by atoms with Gasteiger partial charge in [-0.25, -0.2) is 0 Å². The van der Waals surface area contributed by atoms with Crippen LogP contribution in [-0.2, 0) is 4.79 Å². The van der Waals surface area contributed by atoms with Gasteiger partial charge in [0.05, 0.1) is 5.92 Å². The highest BCUT2D eigenvalue weighted by Gasteiger charge is 2.35. The van der Waals surface area contributed by atoms with E-state index in [1.54, 1.807) is 0 Å². The average molecular weight is 291 g/mol. The van der Waals surface area contributed by atoms with E-state index in [4.69, 9.17) is 4.74 Å². The molecule has 2 unspecified atom stereocenters. The minimum atomic E-state index is -0.752. The smallest absolute Gasteiger partial charge is 0.310 e. The number of carboxylic acid groups (broad SMARTS) is 1. The molecule has 1 aromatic rings. The molecule has 4 heteroatoms. The first-order valence-corrected chi connectivity index (χ1v) is 7.63. The van der Waals surface area contributed by atoms with Gasteiger partial charge in [-0.2, -0.15) is 0 Å². The van der Waals surface area contributed by atoms with Crippen LogP contribution in [0.15, 0.2) is 24.3 Å². The number of benzene rings is 1. The molecule has 2 atom stereocenters. The molecule has 0 aromatic heterocycles. The van der Waals surface area contributed by atoms with Gasteiger partial charge in [-0.05, 0) is 57.4 Å². The zero-order valence-electron chi connectivity index (χ0n) is 13.1. The number of aryl methyl sites for hydroxylation is 1. The Morgan fingerprint density at radius 2 is 2.24 bits per heavy atom. The van der Waals surface area contributed by atoms with Gasteiger partial charge in [0.1, 0.15) is 12.4 Å². The van der Waals surface area contributed by atoms with Crippen LogP contribution in [0, 0.1) is 18.8 Å². The van der Waals surface area contributed by atoms with Gasteiger partial charge in [-0.15, -0.1) is 0 Å². The molecule has 0 bridgehead atoms. The molecule has 1 aliphatic rings. The topological polar surface area (TPSA) is 49.8 Å². The van der Waals surface area contributed by atoms with Gasteiger partial charge in [0.2, 0.25) is 0 Å². The van der Waals surface area contributed by atoms with Crippen molar-refractivity contribution in [1.82, 2.24) is 4.90 Å². The molecule has 2 rings (SSSR count). The third kappa shape index (κ3) is 4.21. The number of hydrogen-bond donors (Lipinski definition) is 1. The Morgan fingerprint density at radius 1 is 1.48 bits per heavy atom. The van der Waals surface area contributed by atoms with E-state index in [0.29, 0.717) is 6.04 Å². The largest absolute Gasteiger partial charge is 0.493 e. The zero-order valence-corrected chi connectivity index (χ0v) is 13.1. The van der Waals surface area contributed by atoms with Crippen LogP contribution in [0.4, 0.5) is 0 Å². The van der Waals surface area contributed by atoms with Crippen LogP contribution in [0.5, 0.6) is 5.75 Å². The molecule has 0 amide bonds. The monoisotopic (exact) mass is 291 g/mol. The Balaban J connectivity index is 1.95. The molecule has 1 heterocycles. The zero-order chi connectivity index (χ0) is 15.4. The van der Waals surface area contributed by atoms with Gasteiger partial charge in [0, 0.05) is 12.6 Å². The highest BCUT2D eigenvalue weighted by Crippen LogP contribution is 2.27. The van der Waals surface area contributed by atoms with Crippen LogP contribution in [0.1, 0.15) is 25.8 Å². The van der Waals surface area contributed by atoms with Gasteiger partial charge in [-0.3, -0.25) is 4.79 Å². The summed E-state index contributed by atoms with van der Waals surface area (Å²) in [5, 5.41) is 9.49. The van der Waals surface area contributed by atoms with E-state index in [1.165, 1.54) is 0 Å². The van der Waals surface area contributed by atoms with Crippen molar-refractivity contribution in [3.8, 4) is 5.75 Å². The van der Waals surface area contributed by atoms with Gasteiger partial charge < -0.3 is 14.7 Å². The molecule has 1 aromatic carbocycles. The Morgan fingerprint density at radius 3 is 2.81 bits per heavy atom. The first-order valence-electron chi connectivity index (χ1n) is 7.63. The summed E-state index contributed by atoms with van der Waals surface area (Å²) in [5.74, 6) is -0.262. The Kier molecular flexibility index (Phi) is 5.23. The van der Waals surface area contributed by atoms with Crippen molar-refractivity contribution in [2.75, 3.05) is 19.7 Å². The normalized spacial score (nSPS) is 20.7. The number of carbonyl (C=O) groups is 1. The second-order valence-electron chi connectivity index (χ2n) is 6.21. The van der Waals surface area contributed by atoms with Gasteiger partial charge in [0.15, 0.2) is 0 Å². The molecule has 1 aliphatic heterocycles. The van der Waals surface area contributed by atoms with E-state index < -0.39 is 11.9 Å². The highest BCUT2D eigenvalue weighted by atomic mass is 16.5. The van der Waals surface area contributed by atoms with Crippen LogP contribution in [0.3, 0.4) is 0 Å². The second kappa shape index (κ2) is 6.94. The van der Waals surface area contributed by atoms with E-state index in [9.17, 15) is 9.90 Å². The average Bonchev–Trinajstić information content (AvgIpc) is 2.88. The van der Waals surface area contributed by atoms with Crippen molar-refractivity contribution >= 4 is 5.97 Å². The van der Waals surface area contributed by atoms with Crippen molar-refractivity contribution in [3.63, 3.8) is 0 Å². The molecule has 0 spiro atoms. The number of ether oxygens (including phenoxy) is 1. The third-order valence-electron chi connectivity index (χ3n) is 4.29. The molecular formula is C17H25NO3. The quantitative estimate of drug-likeness (QED) is 0.875. The fourth-order valence-electron chi connectivity index (χ4n) is 2.91. The highest BCUT2D eigenvalue weighted by molar-refractivity contribution is 5.70. The number of aliphatic carboxylic acids is 1. The molecule has 1 saturated heterocycles. The van der Waals surface area contributed by atoms with Crippen molar-refractivity contribution < 1.29 is 14.6 Å². The summed E-state index contributed by atoms with van der Waals surface area (Å²) >= 11 is 0. The molecule has 21 heavy (non-hydrogen) atoms.